The Morgan fingerprint density at radius 3 is 2.38 bits per heavy atom. The summed E-state index contributed by atoms with van der Waals surface area (Å²) in [6.45, 7) is 3.96. The summed E-state index contributed by atoms with van der Waals surface area (Å²) in [6.07, 6.45) is 1.40. The van der Waals surface area contributed by atoms with Crippen molar-refractivity contribution in [3.05, 3.63) is 85.3 Å². The Kier molecular flexibility index (Phi) is 10.1. The van der Waals surface area contributed by atoms with E-state index in [1.807, 2.05) is 19.9 Å². The van der Waals surface area contributed by atoms with Crippen molar-refractivity contribution in [3.8, 4) is 17.6 Å². The largest absolute Gasteiger partial charge is 0.494 e. The van der Waals surface area contributed by atoms with Crippen LogP contribution >= 0.6 is 43.5 Å². The van der Waals surface area contributed by atoms with E-state index >= 15 is 0 Å². The molecule has 3 aromatic rings. The molecule has 0 aliphatic rings. The monoisotopic (exact) mass is 645 g/mol. The smallest absolute Gasteiger partial charge is 0.266 e. The summed E-state index contributed by atoms with van der Waals surface area (Å²) in [5.41, 5.74) is 2.21. The van der Waals surface area contributed by atoms with Crippen LogP contribution in [0.5, 0.6) is 11.5 Å². The predicted molar refractivity (Wildman–Crippen MR) is 152 cm³/mol. The second kappa shape index (κ2) is 13.3. The molecular formula is C27H22Br2ClN3O4. The molecule has 37 heavy (non-hydrogen) atoms. The molecule has 3 aromatic carbocycles. The number of nitrogens with zero attached hydrogens (tertiary/aromatic N) is 1. The first-order chi connectivity index (χ1) is 17.7. The minimum absolute atomic E-state index is 0.150. The molecule has 2 amide bonds. The fourth-order valence-electron chi connectivity index (χ4n) is 3.15. The Labute approximate surface area is 236 Å². The average Bonchev–Trinajstić information content (AvgIpc) is 2.85. The maximum Gasteiger partial charge on any atom is 0.266 e. The number of amides is 2. The van der Waals surface area contributed by atoms with E-state index in [1.165, 1.54) is 6.08 Å². The van der Waals surface area contributed by atoms with Crippen LogP contribution in [-0.2, 0) is 9.59 Å². The first kappa shape index (κ1) is 28.3. The molecule has 0 aromatic heterocycles. The van der Waals surface area contributed by atoms with E-state index in [1.54, 1.807) is 54.6 Å². The highest BCUT2D eigenvalue weighted by atomic mass is 79.9. The lowest BCUT2D eigenvalue weighted by atomic mass is 10.1. The number of nitrogens with one attached hydrogen (secondary N) is 2. The second-order valence-electron chi connectivity index (χ2n) is 7.69. The Morgan fingerprint density at radius 2 is 1.73 bits per heavy atom. The number of carbonyl (C=O) groups excluding carboxylic acids is 2. The lowest BCUT2D eigenvalue weighted by Crippen LogP contribution is -2.20. The fourth-order valence-corrected chi connectivity index (χ4v) is 4.70. The second-order valence-corrected chi connectivity index (χ2v) is 9.87. The van der Waals surface area contributed by atoms with Gasteiger partial charge in [0.15, 0.2) is 6.61 Å². The van der Waals surface area contributed by atoms with Crippen molar-refractivity contribution in [2.45, 2.75) is 13.8 Å². The van der Waals surface area contributed by atoms with E-state index in [-0.39, 0.29) is 12.2 Å². The van der Waals surface area contributed by atoms with Gasteiger partial charge < -0.3 is 20.1 Å². The minimum Gasteiger partial charge on any atom is -0.494 e. The third-order valence-electron chi connectivity index (χ3n) is 4.93. The van der Waals surface area contributed by atoms with Crippen LogP contribution in [0, 0.1) is 18.3 Å². The molecule has 10 heteroatoms. The Balaban J connectivity index is 1.77. The van der Waals surface area contributed by atoms with Crippen LogP contribution in [0.25, 0.3) is 6.08 Å². The van der Waals surface area contributed by atoms with Gasteiger partial charge in [-0.1, -0.05) is 33.6 Å². The molecule has 190 valence electrons. The molecule has 0 radical (unpaired) electrons. The summed E-state index contributed by atoms with van der Waals surface area (Å²) in [5.74, 6) is -0.0325. The number of anilines is 2. The summed E-state index contributed by atoms with van der Waals surface area (Å²) in [5, 5.41) is 15.6. The lowest BCUT2D eigenvalue weighted by Gasteiger charge is -2.13. The van der Waals surface area contributed by atoms with Gasteiger partial charge in [0.25, 0.3) is 11.8 Å². The fraction of sp³-hybridized carbons (Fsp3) is 0.148. The molecule has 0 spiro atoms. The maximum absolute atomic E-state index is 12.8. The quantitative estimate of drug-likeness (QED) is 0.190. The van der Waals surface area contributed by atoms with Crippen LogP contribution in [0.2, 0.25) is 5.02 Å². The highest BCUT2D eigenvalue weighted by Gasteiger charge is 2.16. The number of aryl methyl sites for hydroxylation is 1. The first-order valence-electron chi connectivity index (χ1n) is 11.0. The van der Waals surface area contributed by atoms with Crippen molar-refractivity contribution >= 4 is 72.7 Å². The summed E-state index contributed by atoms with van der Waals surface area (Å²) in [4.78, 5) is 25.3. The standard InChI is InChI=1S/C27H22Br2ClN3O4/c1-3-36-22-8-6-20(7-9-22)33-27(35)18(14-31)10-17-11-19(28)12-23(29)26(17)37-15-25(34)32-21-5-4-16(2)24(30)13-21/h4-13H,3,15H2,1-2H3,(H,32,34)(H,33,35)/b18-10+. The summed E-state index contributed by atoms with van der Waals surface area (Å²) >= 11 is 13.0. The van der Waals surface area contributed by atoms with Crippen LogP contribution in [0.3, 0.4) is 0 Å². The van der Waals surface area contributed by atoms with Gasteiger partial charge in [-0.25, -0.2) is 0 Å². The molecule has 7 nitrogen and oxygen atoms in total. The topological polar surface area (TPSA) is 100 Å². The van der Waals surface area contributed by atoms with Gasteiger partial charge in [0.05, 0.1) is 11.1 Å². The van der Waals surface area contributed by atoms with Gasteiger partial charge in [-0.2, -0.15) is 5.26 Å². The molecule has 3 rings (SSSR count). The van der Waals surface area contributed by atoms with E-state index in [2.05, 4.69) is 42.5 Å². The van der Waals surface area contributed by atoms with Crippen molar-refractivity contribution in [3.63, 3.8) is 0 Å². The van der Waals surface area contributed by atoms with E-state index in [9.17, 15) is 14.9 Å². The third-order valence-corrected chi connectivity index (χ3v) is 6.38. The molecule has 0 aliphatic heterocycles. The molecule has 0 fully saturated rings. The van der Waals surface area contributed by atoms with Gasteiger partial charge in [0.2, 0.25) is 0 Å². The van der Waals surface area contributed by atoms with Gasteiger partial charge in [0, 0.05) is 26.4 Å². The molecule has 2 N–H and O–H groups in total. The van der Waals surface area contributed by atoms with E-state index < -0.39 is 11.8 Å². The number of benzene rings is 3. The number of hydrogen-bond acceptors (Lipinski definition) is 5. The lowest BCUT2D eigenvalue weighted by molar-refractivity contribution is -0.118. The van der Waals surface area contributed by atoms with E-state index in [0.717, 1.165) is 5.56 Å². The first-order valence-corrected chi connectivity index (χ1v) is 13.0. The highest BCUT2D eigenvalue weighted by Crippen LogP contribution is 2.34. The van der Waals surface area contributed by atoms with Gasteiger partial charge in [-0.3, -0.25) is 9.59 Å². The highest BCUT2D eigenvalue weighted by molar-refractivity contribution is 9.11. The zero-order valence-corrected chi connectivity index (χ0v) is 23.8. The zero-order chi connectivity index (χ0) is 26.9. The molecular weight excluding hydrogens is 626 g/mol. The maximum atomic E-state index is 12.8. The number of nitriles is 1. The number of hydrogen-bond donors (Lipinski definition) is 2. The summed E-state index contributed by atoms with van der Waals surface area (Å²) < 4.78 is 12.4. The van der Waals surface area contributed by atoms with Crippen LogP contribution in [0.15, 0.2) is 69.1 Å². The average molecular weight is 648 g/mol. The molecule has 0 heterocycles. The van der Waals surface area contributed by atoms with Gasteiger partial charge >= 0.3 is 0 Å². The molecule has 0 saturated carbocycles. The van der Waals surface area contributed by atoms with E-state index in [4.69, 9.17) is 21.1 Å². The van der Waals surface area contributed by atoms with Crippen LogP contribution < -0.4 is 20.1 Å². The zero-order valence-electron chi connectivity index (χ0n) is 19.9. The Bertz CT molecular complexity index is 1390. The molecule has 0 unspecified atom stereocenters. The Morgan fingerprint density at radius 1 is 1.03 bits per heavy atom. The summed E-state index contributed by atoms with van der Waals surface area (Å²) in [6, 6.07) is 17.3. The molecule has 0 atom stereocenters. The predicted octanol–water partition coefficient (Wildman–Crippen LogP) is 7.14. The van der Waals surface area contributed by atoms with Crippen molar-refractivity contribution in [1.82, 2.24) is 0 Å². The third kappa shape index (κ3) is 8.09. The van der Waals surface area contributed by atoms with Crippen LogP contribution in [0.4, 0.5) is 11.4 Å². The van der Waals surface area contributed by atoms with Gasteiger partial charge in [0.1, 0.15) is 23.1 Å². The molecule has 0 saturated heterocycles. The van der Waals surface area contributed by atoms with Crippen LogP contribution in [0.1, 0.15) is 18.1 Å². The molecule has 0 aliphatic carbocycles. The van der Waals surface area contributed by atoms with Crippen molar-refractivity contribution < 1.29 is 19.1 Å². The SMILES string of the molecule is CCOc1ccc(NC(=O)/C(C#N)=C/c2cc(Br)cc(Br)c2OCC(=O)Nc2ccc(C)c(Cl)c2)cc1. The normalized spacial score (nSPS) is 10.9. The Hall–Kier alpha value is -3.32. The van der Waals surface area contributed by atoms with Crippen molar-refractivity contribution in [2.24, 2.45) is 0 Å². The summed E-state index contributed by atoms with van der Waals surface area (Å²) in [7, 11) is 0. The van der Waals surface area contributed by atoms with Crippen molar-refractivity contribution in [1.29, 1.82) is 5.26 Å². The number of halogens is 3. The molecule has 0 bridgehead atoms. The van der Waals surface area contributed by atoms with Gasteiger partial charge in [-0.05, 0) is 89.9 Å². The van der Waals surface area contributed by atoms with E-state index in [0.29, 0.717) is 49.0 Å². The number of ether oxygens (including phenoxy) is 2. The number of carbonyl (C=O) groups is 2. The van der Waals surface area contributed by atoms with Crippen molar-refractivity contribution in [2.75, 3.05) is 23.8 Å². The van der Waals surface area contributed by atoms with Crippen LogP contribution in [-0.4, -0.2) is 25.0 Å². The number of rotatable bonds is 9. The van der Waals surface area contributed by atoms with Gasteiger partial charge in [-0.15, -0.1) is 0 Å². The minimum atomic E-state index is -0.595.